The van der Waals surface area contributed by atoms with E-state index in [0.717, 1.165) is 29.1 Å². The van der Waals surface area contributed by atoms with Crippen molar-refractivity contribution in [3.63, 3.8) is 0 Å². The van der Waals surface area contributed by atoms with Crippen molar-refractivity contribution >= 4 is 34.5 Å². The molecule has 0 fully saturated rings. The van der Waals surface area contributed by atoms with Crippen molar-refractivity contribution in [2.45, 2.75) is 25.8 Å². The summed E-state index contributed by atoms with van der Waals surface area (Å²) in [5.41, 5.74) is 8.21. The lowest BCUT2D eigenvalue weighted by molar-refractivity contribution is 0.661. The zero-order valence-corrected chi connectivity index (χ0v) is 12.3. The van der Waals surface area contributed by atoms with E-state index in [1.54, 1.807) is 17.4 Å². The van der Waals surface area contributed by atoms with E-state index in [9.17, 15) is 0 Å². The first kappa shape index (κ1) is 13.8. The third kappa shape index (κ3) is 3.69. The standard InChI is InChI=1S/C13H14Cl2N2S/c1-8-7-18-13(17-8)6-11(16)4-9-2-3-10(14)5-12(9)15/h2-3,5,7,11H,4,6,16H2,1H3. The summed E-state index contributed by atoms with van der Waals surface area (Å²) in [7, 11) is 0. The summed E-state index contributed by atoms with van der Waals surface area (Å²) in [6, 6.07) is 5.54. The molecular formula is C13H14Cl2N2S. The number of nitrogens with zero attached hydrogens (tertiary/aromatic N) is 1. The van der Waals surface area contributed by atoms with Crippen LogP contribution in [0.3, 0.4) is 0 Å². The Morgan fingerprint density at radius 2 is 2.11 bits per heavy atom. The van der Waals surface area contributed by atoms with Crippen molar-refractivity contribution in [1.82, 2.24) is 4.98 Å². The van der Waals surface area contributed by atoms with Gasteiger partial charge in [-0.3, -0.25) is 0 Å². The molecule has 2 N–H and O–H groups in total. The van der Waals surface area contributed by atoms with Crippen molar-refractivity contribution in [1.29, 1.82) is 0 Å². The molecule has 0 saturated carbocycles. The number of hydrogen-bond donors (Lipinski definition) is 1. The molecular weight excluding hydrogens is 287 g/mol. The first-order chi connectivity index (χ1) is 8.54. The van der Waals surface area contributed by atoms with Crippen molar-refractivity contribution in [3.05, 3.63) is 49.9 Å². The van der Waals surface area contributed by atoms with Gasteiger partial charge in [-0.25, -0.2) is 4.98 Å². The Labute approximate surface area is 121 Å². The van der Waals surface area contributed by atoms with Crippen LogP contribution in [0.25, 0.3) is 0 Å². The molecule has 0 bridgehead atoms. The molecule has 1 aromatic carbocycles. The van der Waals surface area contributed by atoms with E-state index in [0.29, 0.717) is 10.0 Å². The second kappa shape index (κ2) is 6.02. The molecule has 0 saturated heterocycles. The molecule has 0 amide bonds. The average molecular weight is 301 g/mol. The summed E-state index contributed by atoms with van der Waals surface area (Å²) in [5, 5.41) is 4.43. The van der Waals surface area contributed by atoms with Gasteiger partial charge in [-0.1, -0.05) is 29.3 Å². The highest BCUT2D eigenvalue weighted by Gasteiger charge is 2.10. The Morgan fingerprint density at radius 3 is 2.72 bits per heavy atom. The molecule has 0 radical (unpaired) electrons. The Bertz CT molecular complexity index is 540. The summed E-state index contributed by atoms with van der Waals surface area (Å²) in [6.45, 7) is 1.99. The lowest BCUT2D eigenvalue weighted by Gasteiger charge is -2.11. The molecule has 2 nitrogen and oxygen atoms in total. The van der Waals surface area contributed by atoms with Crippen molar-refractivity contribution in [2.75, 3.05) is 0 Å². The van der Waals surface area contributed by atoms with E-state index in [4.69, 9.17) is 28.9 Å². The van der Waals surface area contributed by atoms with Gasteiger partial charge >= 0.3 is 0 Å². The maximum atomic E-state index is 6.13. The van der Waals surface area contributed by atoms with Crippen LogP contribution in [0.4, 0.5) is 0 Å². The topological polar surface area (TPSA) is 38.9 Å². The van der Waals surface area contributed by atoms with E-state index in [1.807, 2.05) is 24.4 Å². The van der Waals surface area contributed by atoms with Gasteiger partial charge in [0, 0.05) is 33.6 Å². The average Bonchev–Trinajstić information content (AvgIpc) is 2.68. The minimum atomic E-state index is 0.0224. The van der Waals surface area contributed by atoms with E-state index >= 15 is 0 Å². The molecule has 0 aliphatic heterocycles. The fraction of sp³-hybridized carbons (Fsp3) is 0.308. The van der Waals surface area contributed by atoms with Gasteiger partial charge in [-0.05, 0) is 31.0 Å². The number of aryl methyl sites for hydroxylation is 1. The molecule has 18 heavy (non-hydrogen) atoms. The molecule has 1 atom stereocenters. The molecule has 1 heterocycles. The van der Waals surface area contributed by atoms with Crippen molar-refractivity contribution < 1.29 is 0 Å². The Kier molecular flexibility index (Phi) is 4.62. The van der Waals surface area contributed by atoms with Crippen LogP contribution in [-0.4, -0.2) is 11.0 Å². The number of benzene rings is 1. The van der Waals surface area contributed by atoms with Gasteiger partial charge in [0.25, 0.3) is 0 Å². The van der Waals surface area contributed by atoms with Crippen molar-refractivity contribution in [2.24, 2.45) is 5.73 Å². The molecule has 96 valence electrons. The number of halogens is 2. The Morgan fingerprint density at radius 1 is 1.33 bits per heavy atom. The van der Waals surface area contributed by atoms with Gasteiger partial charge in [-0.2, -0.15) is 0 Å². The lowest BCUT2D eigenvalue weighted by atomic mass is 10.0. The third-order valence-electron chi connectivity index (χ3n) is 2.60. The van der Waals surface area contributed by atoms with Crippen LogP contribution in [0.5, 0.6) is 0 Å². The highest BCUT2D eigenvalue weighted by molar-refractivity contribution is 7.09. The molecule has 1 unspecified atom stereocenters. The monoisotopic (exact) mass is 300 g/mol. The van der Waals surface area contributed by atoms with E-state index in [1.165, 1.54) is 0 Å². The normalized spacial score (nSPS) is 12.7. The molecule has 0 spiro atoms. The van der Waals surface area contributed by atoms with Crippen LogP contribution in [0.15, 0.2) is 23.6 Å². The van der Waals surface area contributed by atoms with Crippen LogP contribution in [0.1, 0.15) is 16.3 Å². The summed E-state index contributed by atoms with van der Waals surface area (Å²) in [5.74, 6) is 0. The smallest absolute Gasteiger partial charge is 0.0943 e. The summed E-state index contributed by atoms with van der Waals surface area (Å²) < 4.78 is 0. The minimum Gasteiger partial charge on any atom is -0.327 e. The van der Waals surface area contributed by atoms with E-state index in [2.05, 4.69) is 4.98 Å². The SMILES string of the molecule is Cc1csc(CC(N)Cc2ccc(Cl)cc2Cl)n1. The molecule has 2 aromatic rings. The predicted molar refractivity (Wildman–Crippen MR) is 78.7 cm³/mol. The second-order valence-corrected chi connectivity index (χ2v) is 6.07. The van der Waals surface area contributed by atoms with E-state index in [-0.39, 0.29) is 6.04 Å². The minimum absolute atomic E-state index is 0.0224. The van der Waals surface area contributed by atoms with Gasteiger partial charge in [0.1, 0.15) is 0 Å². The number of nitrogens with two attached hydrogens (primary N) is 1. The first-order valence-electron chi connectivity index (χ1n) is 5.65. The molecule has 5 heteroatoms. The fourth-order valence-electron chi connectivity index (χ4n) is 1.76. The maximum Gasteiger partial charge on any atom is 0.0943 e. The summed E-state index contributed by atoms with van der Waals surface area (Å²) in [4.78, 5) is 4.41. The highest BCUT2D eigenvalue weighted by Crippen LogP contribution is 2.22. The Balaban J connectivity index is 2.00. The first-order valence-corrected chi connectivity index (χ1v) is 7.28. The van der Waals surface area contributed by atoms with Gasteiger partial charge in [0.05, 0.1) is 5.01 Å². The van der Waals surface area contributed by atoms with Gasteiger partial charge < -0.3 is 5.73 Å². The molecule has 0 aliphatic rings. The van der Waals surface area contributed by atoms with Gasteiger partial charge in [0.15, 0.2) is 0 Å². The zero-order valence-electron chi connectivity index (χ0n) is 9.99. The third-order valence-corrected chi connectivity index (χ3v) is 4.18. The zero-order chi connectivity index (χ0) is 13.1. The van der Waals surface area contributed by atoms with Gasteiger partial charge in [0.2, 0.25) is 0 Å². The quantitative estimate of drug-likeness (QED) is 0.931. The molecule has 1 aromatic heterocycles. The van der Waals surface area contributed by atoms with E-state index < -0.39 is 0 Å². The number of hydrogen-bond acceptors (Lipinski definition) is 3. The van der Waals surface area contributed by atoms with Crippen LogP contribution in [-0.2, 0) is 12.8 Å². The maximum absolute atomic E-state index is 6.13. The fourth-order valence-corrected chi connectivity index (χ4v) is 3.11. The summed E-state index contributed by atoms with van der Waals surface area (Å²) in [6.07, 6.45) is 1.51. The lowest BCUT2D eigenvalue weighted by Crippen LogP contribution is -2.25. The Hall–Kier alpha value is -0.610. The highest BCUT2D eigenvalue weighted by atomic mass is 35.5. The van der Waals surface area contributed by atoms with Crippen molar-refractivity contribution in [3.8, 4) is 0 Å². The molecule has 0 aliphatic carbocycles. The van der Waals surface area contributed by atoms with Crippen LogP contribution >= 0.6 is 34.5 Å². The van der Waals surface area contributed by atoms with Crippen LogP contribution in [0, 0.1) is 6.92 Å². The summed E-state index contributed by atoms with van der Waals surface area (Å²) >= 11 is 13.6. The van der Waals surface area contributed by atoms with Crippen LogP contribution < -0.4 is 5.73 Å². The molecule has 2 rings (SSSR count). The predicted octanol–water partition coefficient (Wildman–Crippen LogP) is 3.87. The number of thiazole rings is 1. The second-order valence-electron chi connectivity index (χ2n) is 4.29. The number of aromatic nitrogens is 1. The van der Waals surface area contributed by atoms with Crippen LogP contribution in [0.2, 0.25) is 10.0 Å². The number of rotatable bonds is 4. The van der Waals surface area contributed by atoms with Gasteiger partial charge in [-0.15, -0.1) is 11.3 Å². The largest absolute Gasteiger partial charge is 0.327 e.